The molecule has 0 spiro atoms. The van der Waals surface area contributed by atoms with Crippen molar-refractivity contribution in [3.8, 4) is 0 Å². The smallest absolute Gasteiger partial charge is 0.416 e. The number of carbonyl (C=O) groups excluding carboxylic acids is 1. The second kappa shape index (κ2) is 8.70. The van der Waals surface area contributed by atoms with Crippen LogP contribution in [0.3, 0.4) is 0 Å². The van der Waals surface area contributed by atoms with E-state index in [4.69, 9.17) is 4.74 Å². The van der Waals surface area contributed by atoms with Crippen molar-refractivity contribution in [2.45, 2.75) is 25.3 Å². The molecule has 5 nitrogen and oxygen atoms in total. The number of anilines is 1. The van der Waals surface area contributed by atoms with Crippen LogP contribution in [0.25, 0.3) is 10.9 Å². The first-order valence-corrected chi connectivity index (χ1v) is 11.1. The van der Waals surface area contributed by atoms with E-state index in [1.54, 1.807) is 6.20 Å². The van der Waals surface area contributed by atoms with Gasteiger partial charge >= 0.3 is 6.18 Å². The number of nitrogens with zero attached hydrogens (tertiary/aromatic N) is 3. The minimum Gasteiger partial charge on any atom is -0.495 e. The Kier molecular flexibility index (Phi) is 6.16. The van der Waals surface area contributed by atoms with Crippen molar-refractivity contribution in [2.75, 3.05) is 44.2 Å². The number of ether oxygens (including phenoxy) is 1. The Bertz CT molecular complexity index is 1020. The van der Waals surface area contributed by atoms with Gasteiger partial charge in [0, 0.05) is 55.6 Å². The van der Waals surface area contributed by atoms with Gasteiger partial charge in [-0.1, -0.05) is 17.8 Å². The van der Waals surface area contributed by atoms with E-state index in [1.807, 2.05) is 19.9 Å². The zero-order chi connectivity index (χ0) is 22.2. The van der Waals surface area contributed by atoms with E-state index >= 15 is 0 Å². The summed E-state index contributed by atoms with van der Waals surface area (Å²) in [5, 5.41) is 0.886. The maximum absolute atomic E-state index is 13.0. The van der Waals surface area contributed by atoms with Crippen LogP contribution in [0.2, 0.25) is 0 Å². The summed E-state index contributed by atoms with van der Waals surface area (Å²) in [6.45, 7) is 8.28. The molecular weight excluding hydrogens is 427 g/mol. The molecular formula is C22H24F3N3O2S. The Morgan fingerprint density at radius 2 is 1.94 bits per heavy atom. The van der Waals surface area contributed by atoms with E-state index in [9.17, 15) is 18.0 Å². The van der Waals surface area contributed by atoms with Gasteiger partial charge in [-0.2, -0.15) is 13.2 Å². The zero-order valence-corrected chi connectivity index (χ0v) is 18.2. The molecule has 4 rings (SSSR count). The van der Waals surface area contributed by atoms with Gasteiger partial charge in [0.2, 0.25) is 5.12 Å². The fraction of sp³-hybridized carbons (Fsp3) is 0.455. The van der Waals surface area contributed by atoms with Crippen molar-refractivity contribution in [2.24, 2.45) is 0 Å². The van der Waals surface area contributed by atoms with Gasteiger partial charge in [0.1, 0.15) is 12.4 Å². The number of hydrogen-bond acceptors (Lipinski definition) is 6. The number of thioether (sulfide) groups is 1. The third kappa shape index (κ3) is 4.67. The minimum atomic E-state index is -4.38. The van der Waals surface area contributed by atoms with Crippen LogP contribution in [-0.4, -0.2) is 59.6 Å². The van der Waals surface area contributed by atoms with Crippen LogP contribution >= 0.6 is 11.8 Å². The van der Waals surface area contributed by atoms with Crippen molar-refractivity contribution in [3.05, 3.63) is 47.4 Å². The fourth-order valence-electron chi connectivity index (χ4n) is 4.02. The number of alkyl halides is 3. The zero-order valence-electron chi connectivity index (χ0n) is 17.4. The number of aromatic nitrogens is 1. The van der Waals surface area contributed by atoms with Gasteiger partial charge in [-0.05, 0) is 32.0 Å². The largest absolute Gasteiger partial charge is 0.495 e. The second-order valence-electron chi connectivity index (χ2n) is 7.77. The van der Waals surface area contributed by atoms with E-state index < -0.39 is 11.7 Å². The van der Waals surface area contributed by atoms with Gasteiger partial charge in [-0.15, -0.1) is 0 Å². The predicted octanol–water partition coefficient (Wildman–Crippen LogP) is 4.33. The molecule has 1 fully saturated rings. The molecule has 3 heterocycles. The topological polar surface area (TPSA) is 45.7 Å². The molecule has 0 aliphatic carbocycles. The Balaban J connectivity index is 1.36. The quantitative estimate of drug-likeness (QED) is 0.675. The lowest BCUT2D eigenvalue weighted by atomic mass is 10.1. The van der Waals surface area contributed by atoms with Crippen LogP contribution in [0, 0.1) is 0 Å². The summed E-state index contributed by atoms with van der Waals surface area (Å²) in [7, 11) is 0. The number of rotatable bonds is 5. The van der Waals surface area contributed by atoms with Crippen molar-refractivity contribution in [1.82, 2.24) is 9.88 Å². The van der Waals surface area contributed by atoms with Gasteiger partial charge in [0.05, 0.1) is 16.3 Å². The Hall–Kier alpha value is -2.26. The number of halogens is 3. The highest BCUT2D eigenvalue weighted by Crippen LogP contribution is 2.35. The van der Waals surface area contributed by atoms with Gasteiger partial charge in [0.15, 0.2) is 0 Å². The van der Waals surface area contributed by atoms with E-state index in [0.29, 0.717) is 17.7 Å². The molecule has 1 aromatic heterocycles. The van der Waals surface area contributed by atoms with Gasteiger partial charge in [-0.3, -0.25) is 14.7 Å². The molecule has 0 amide bonds. The fourth-order valence-corrected chi connectivity index (χ4v) is 4.97. The predicted molar refractivity (Wildman–Crippen MR) is 116 cm³/mol. The summed E-state index contributed by atoms with van der Waals surface area (Å²) in [4.78, 5) is 20.4. The summed E-state index contributed by atoms with van der Waals surface area (Å²) in [6.07, 6.45) is -2.81. The number of fused-ring (bicyclic) bond motifs is 1. The highest BCUT2D eigenvalue weighted by atomic mass is 32.2. The molecule has 9 heteroatoms. The first-order valence-electron chi connectivity index (χ1n) is 10.2. The average molecular weight is 452 g/mol. The van der Waals surface area contributed by atoms with Crippen LogP contribution < -0.4 is 4.90 Å². The van der Waals surface area contributed by atoms with Crippen LogP contribution in [0.5, 0.6) is 0 Å². The molecule has 1 aromatic carbocycles. The van der Waals surface area contributed by atoms with Crippen LogP contribution in [-0.2, 0) is 15.7 Å². The maximum atomic E-state index is 13.0. The van der Waals surface area contributed by atoms with Crippen LogP contribution in [0.15, 0.2) is 41.8 Å². The summed E-state index contributed by atoms with van der Waals surface area (Å²) < 4.78 is 44.9. The molecule has 31 heavy (non-hydrogen) atoms. The number of pyridine rings is 1. The van der Waals surface area contributed by atoms with Crippen molar-refractivity contribution < 1.29 is 22.7 Å². The van der Waals surface area contributed by atoms with Gasteiger partial charge in [-0.25, -0.2) is 0 Å². The first kappa shape index (κ1) is 22.0. The minimum absolute atomic E-state index is 0.0715. The number of carbonyl (C=O) groups is 1. The molecule has 166 valence electrons. The van der Waals surface area contributed by atoms with Crippen LogP contribution in [0.4, 0.5) is 18.9 Å². The number of hydrogen-bond donors (Lipinski definition) is 0. The normalized spacial score (nSPS) is 20.7. The third-order valence-electron chi connectivity index (χ3n) is 5.75. The molecule has 0 N–H and O–H groups in total. The number of benzene rings is 1. The molecule has 0 radical (unpaired) electrons. The summed E-state index contributed by atoms with van der Waals surface area (Å²) in [5.74, 6) is 0.787. The molecule has 1 saturated heterocycles. The monoisotopic (exact) mass is 451 g/mol. The van der Waals surface area contributed by atoms with E-state index in [-0.39, 0.29) is 10.4 Å². The van der Waals surface area contributed by atoms with Crippen molar-refractivity contribution >= 4 is 33.5 Å². The average Bonchev–Trinajstić information content (AvgIpc) is 2.98. The maximum Gasteiger partial charge on any atom is 0.416 e. The first-order chi connectivity index (χ1) is 14.7. The van der Waals surface area contributed by atoms with Crippen LogP contribution in [0.1, 0.15) is 19.4 Å². The van der Waals surface area contributed by atoms with E-state index in [0.717, 1.165) is 61.7 Å². The Morgan fingerprint density at radius 3 is 2.58 bits per heavy atom. The SMILES string of the molecule is CC1=C(OCCN2CCN(c3ccnc4cc(C(F)(F)F)ccc34)CC2)C(C)SC1=O. The third-order valence-corrected chi connectivity index (χ3v) is 6.84. The molecule has 2 aliphatic rings. The lowest BCUT2D eigenvalue weighted by Crippen LogP contribution is -2.47. The Labute approximate surface area is 183 Å². The second-order valence-corrected chi connectivity index (χ2v) is 9.09. The van der Waals surface area contributed by atoms with E-state index in [2.05, 4.69) is 14.8 Å². The lowest BCUT2D eigenvalue weighted by Gasteiger charge is -2.36. The van der Waals surface area contributed by atoms with E-state index in [1.165, 1.54) is 17.8 Å². The van der Waals surface area contributed by atoms with Crippen molar-refractivity contribution in [1.29, 1.82) is 0 Å². The van der Waals surface area contributed by atoms with Gasteiger partial charge in [0.25, 0.3) is 0 Å². The molecule has 1 atom stereocenters. The number of piperazine rings is 1. The summed E-state index contributed by atoms with van der Waals surface area (Å²) in [6, 6.07) is 5.60. The highest BCUT2D eigenvalue weighted by molar-refractivity contribution is 8.15. The standard InChI is InChI=1S/C22H24F3N3O2S/c1-14-20(15(2)31-21(14)29)30-12-11-27-7-9-28(10-8-27)19-5-6-26-18-13-16(22(23,24)25)3-4-17(18)19/h3-6,13,15H,7-12H2,1-2H3. The lowest BCUT2D eigenvalue weighted by molar-refractivity contribution is -0.137. The molecule has 0 saturated carbocycles. The molecule has 1 unspecified atom stereocenters. The molecule has 2 aromatic rings. The molecule has 0 bridgehead atoms. The van der Waals surface area contributed by atoms with Gasteiger partial charge < -0.3 is 9.64 Å². The van der Waals surface area contributed by atoms with Crippen molar-refractivity contribution in [3.63, 3.8) is 0 Å². The summed E-state index contributed by atoms with van der Waals surface area (Å²) >= 11 is 1.30. The summed E-state index contributed by atoms with van der Waals surface area (Å²) in [5.41, 5.74) is 1.28. The Morgan fingerprint density at radius 1 is 1.19 bits per heavy atom. The molecule has 2 aliphatic heterocycles. The highest BCUT2D eigenvalue weighted by Gasteiger charge is 2.31.